The summed E-state index contributed by atoms with van der Waals surface area (Å²) in [6.45, 7) is 0. The van der Waals surface area contributed by atoms with Crippen molar-refractivity contribution >= 4 is 21.8 Å². The minimum absolute atomic E-state index is 0.275. The van der Waals surface area contributed by atoms with Crippen LogP contribution in [0.15, 0.2) is 36.4 Å². The van der Waals surface area contributed by atoms with Crippen LogP contribution in [0.25, 0.3) is 21.8 Å². The summed E-state index contributed by atoms with van der Waals surface area (Å²) in [5, 5.41) is 26.5. The lowest BCUT2D eigenvalue weighted by molar-refractivity contribution is 0.177. The summed E-state index contributed by atoms with van der Waals surface area (Å²) < 4.78 is 0.731. The second kappa shape index (κ2) is 3.03. The first-order valence-electron chi connectivity index (χ1n) is 4.78. The molecule has 2 N–H and O–H groups in total. The van der Waals surface area contributed by atoms with E-state index in [1.807, 2.05) is 30.3 Å². The molecule has 0 saturated heterocycles. The van der Waals surface area contributed by atoms with Crippen molar-refractivity contribution in [2.75, 3.05) is 0 Å². The van der Waals surface area contributed by atoms with Gasteiger partial charge in [0.1, 0.15) is 11.0 Å². The van der Waals surface area contributed by atoms with E-state index in [9.17, 15) is 5.21 Å². The van der Waals surface area contributed by atoms with Gasteiger partial charge in [0.05, 0.1) is 0 Å². The van der Waals surface area contributed by atoms with Gasteiger partial charge in [0.25, 0.3) is 5.62 Å². The van der Waals surface area contributed by atoms with E-state index in [2.05, 4.69) is 10.2 Å². The van der Waals surface area contributed by atoms with Crippen LogP contribution in [0, 0.1) is 5.41 Å². The summed E-state index contributed by atoms with van der Waals surface area (Å²) in [6.07, 6.45) is 0. The quantitative estimate of drug-likeness (QED) is 0.435. The van der Waals surface area contributed by atoms with Gasteiger partial charge in [-0.3, -0.25) is 5.41 Å². The van der Waals surface area contributed by atoms with Crippen molar-refractivity contribution in [3.63, 3.8) is 0 Å². The predicted octanol–water partition coefficient (Wildman–Crippen LogP) is 1.30. The lowest BCUT2D eigenvalue weighted by Crippen LogP contribution is -2.22. The maximum Gasteiger partial charge on any atom is 0.275 e. The standard InChI is InChI=1S/C11H8N4O/c12-11-14-13-10-8-4-2-1-3-7(8)5-6-9(10)15(11)16/h1-6,12,16H. The van der Waals surface area contributed by atoms with Gasteiger partial charge in [-0.25, -0.2) is 0 Å². The third kappa shape index (κ3) is 1.08. The van der Waals surface area contributed by atoms with Crippen molar-refractivity contribution < 1.29 is 5.21 Å². The van der Waals surface area contributed by atoms with Gasteiger partial charge >= 0.3 is 0 Å². The van der Waals surface area contributed by atoms with E-state index in [1.54, 1.807) is 6.07 Å². The Morgan fingerprint density at radius 2 is 1.88 bits per heavy atom. The number of rotatable bonds is 0. The Bertz CT molecular complexity index is 748. The Balaban J connectivity index is 2.63. The fourth-order valence-corrected chi connectivity index (χ4v) is 1.77. The van der Waals surface area contributed by atoms with Gasteiger partial charge in [0, 0.05) is 5.39 Å². The first kappa shape index (κ1) is 8.84. The average molecular weight is 212 g/mol. The van der Waals surface area contributed by atoms with E-state index < -0.39 is 0 Å². The maximum absolute atomic E-state index is 9.64. The molecule has 2 aromatic carbocycles. The van der Waals surface area contributed by atoms with E-state index in [-0.39, 0.29) is 5.62 Å². The molecule has 5 heteroatoms. The minimum Gasteiger partial charge on any atom is -0.425 e. The molecule has 0 atom stereocenters. The number of aromatic nitrogens is 3. The predicted molar refractivity (Wildman–Crippen MR) is 58.1 cm³/mol. The molecule has 0 aliphatic carbocycles. The molecule has 1 aromatic heterocycles. The molecule has 5 nitrogen and oxygen atoms in total. The first-order valence-corrected chi connectivity index (χ1v) is 4.78. The topological polar surface area (TPSA) is 74.8 Å². The Hall–Kier alpha value is -2.43. The Labute approximate surface area is 90.1 Å². The molecule has 78 valence electrons. The van der Waals surface area contributed by atoms with Crippen LogP contribution in [-0.4, -0.2) is 20.1 Å². The highest BCUT2D eigenvalue weighted by Crippen LogP contribution is 2.21. The molecule has 0 radical (unpaired) electrons. The number of nitrogens with zero attached hydrogens (tertiary/aromatic N) is 3. The molecule has 0 fully saturated rings. The largest absolute Gasteiger partial charge is 0.425 e. The zero-order valence-corrected chi connectivity index (χ0v) is 8.25. The SMILES string of the molecule is N=c1nnc2c3ccccc3ccc2n1O. The van der Waals surface area contributed by atoms with Crippen LogP contribution in [-0.2, 0) is 0 Å². The molecule has 0 aliphatic heterocycles. The lowest BCUT2D eigenvalue weighted by atomic mass is 10.1. The normalized spacial score (nSPS) is 11.0. The fraction of sp³-hybridized carbons (Fsp3) is 0. The molecule has 16 heavy (non-hydrogen) atoms. The Kier molecular flexibility index (Phi) is 1.67. The van der Waals surface area contributed by atoms with Crippen molar-refractivity contribution in [3.8, 4) is 0 Å². The van der Waals surface area contributed by atoms with Gasteiger partial charge in [0.2, 0.25) is 0 Å². The summed E-state index contributed by atoms with van der Waals surface area (Å²) in [5.74, 6) is 0. The van der Waals surface area contributed by atoms with Gasteiger partial charge in [-0.05, 0) is 11.5 Å². The van der Waals surface area contributed by atoms with Gasteiger partial charge in [-0.1, -0.05) is 30.3 Å². The highest BCUT2D eigenvalue weighted by atomic mass is 16.5. The van der Waals surface area contributed by atoms with E-state index in [0.29, 0.717) is 11.0 Å². The molecule has 0 spiro atoms. The fourth-order valence-electron chi connectivity index (χ4n) is 1.77. The maximum atomic E-state index is 9.64. The van der Waals surface area contributed by atoms with Crippen LogP contribution >= 0.6 is 0 Å². The van der Waals surface area contributed by atoms with Crippen molar-refractivity contribution in [2.45, 2.75) is 0 Å². The Morgan fingerprint density at radius 3 is 2.75 bits per heavy atom. The first-order chi connectivity index (χ1) is 7.77. The van der Waals surface area contributed by atoms with E-state index in [4.69, 9.17) is 5.41 Å². The number of hydrogen-bond donors (Lipinski definition) is 2. The summed E-state index contributed by atoms with van der Waals surface area (Å²) in [7, 11) is 0. The molecule has 0 saturated carbocycles. The van der Waals surface area contributed by atoms with Crippen LogP contribution in [0.1, 0.15) is 0 Å². The zero-order chi connectivity index (χ0) is 11.1. The molecule has 1 heterocycles. The summed E-state index contributed by atoms with van der Waals surface area (Å²) in [5.41, 5.74) is 0.804. The Morgan fingerprint density at radius 1 is 1.06 bits per heavy atom. The van der Waals surface area contributed by atoms with Gasteiger partial charge in [-0.15, -0.1) is 14.9 Å². The molecule has 0 aliphatic rings. The van der Waals surface area contributed by atoms with Crippen molar-refractivity contribution in [1.29, 1.82) is 5.41 Å². The molecule has 0 amide bonds. The van der Waals surface area contributed by atoms with Crippen molar-refractivity contribution in [3.05, 3.63) is 42.0 Å². The molecule has 0 bridgehead atoms. The molecule has 3 aromatic rings. The molecule has 0 unspecified atom stereocenters. The third-order valence-electron chi connectivity index (χ3n) is 2.55. The van der Waals surface area contributed by atoms with Crippen molar-refractivity contribution in [1.82, 2.24) is 14.9 Å². The van der Waals surface area contributed by atoms with Gasteiger partial charge < -0.3 is 5.21 Å². The second-order valence-electron chi connectivity index (χ2n) is 3.49. The third-order valence-corrected chi connectivity index (χ3v) is 2.55. The van der Waals surface area contributed by atoms with Crippen LogP contribution < -0.4 is 5.62 Å². The number of benzene rings is 2. The summed E-state index contributed by atoms with van der Waals surface area (Å²) in [6, 6.07) is 11.3. The summed E-state index contributed by atoms with van der Waals surface area (Å²) >= 11 is 0. The molecule has 3 rings (SSSR count). The second-order valence-corrected chi connectivity index (χ2v) is 3.49. The smallest absolute Gasteiger partial charge is 0.275 e. The van der Waals surface area contributed by atoms with Crippen LogP contribution in [0.3, 0.4) is 0 Å². The highest BCUT2D eigenvalue weighted by Gasteiger charge is 2.05. The number of fused-ring (bicyclic) bond motifs is 3. The van der Waals surface area contributed by atoms with Crippen LogP contribution in [0.5, 0.6) is 0 Å². The van der Waals surface area contributed by atoms with Gasteiger partial charge in [0.15, 0.2) is 0 Å². The van der Waals surface area contributed by atoms with Crippen molar-refractivity contribution in [2.24, 2.45) is 0 Å². The average Bonchev–Trinajstić information content (AvgIpc) is 2.33. The minimum atomic E-state index is -0.275. The zero-order valence-electron chi connectivity index (χ0n) is 8.25. The van der Waals surface area contributed by atoms with E-state index in [1.165, 1.54) is 0 Å². The number of hydrogen-bond acceptors (Lipinski definition) is 4. The van der Waals surface area contributed by atoms with Crippen LogP contribution in [0.4, 0.5) is 0 Å². The van der Waals surface area contributed by atoms with E-state index >= 15 is 0 Å². The van der Waals surface area contributed by atoms with Gasteiger partial charge in [-0.2, -0.15) is 0 Å². The lowest BCUT2D eigenvalue weighted by Gasteiger charge is -2.04. The number of nitrogens with one attached hydrogen (secondary N) is 1. The van der Waals surface area contributed by atoms with Crippen LogP contribution in [0.2, 0.25) is 0 Å². The summed E-state index contributed by atoms with van der Waals surface area (Å²) in [4.78, 5) is 0. The molecular weight excluding hydrogens is 204 g/mol. The molecular formula is C11H8N4O. The highest BCUT2D eigenvalue weighted by molar-refractivity contribution is 6.03. The monoisotopic (exact) mass is 212 g/mol. The van der Waals surface area contributed by atoms with E-state index in [0.717, 1.165) is 15.5 Å².